The van der Waals surface area contributed by atoms with Crippen molar-refractivity contribution in [1.82, 2.24) is 15.5 Å². The number of phenolic OH excluding ortho intramolecular Hbond substituents is 1. The topological polar surface area (TPSA) is 134 Å². The van der Waals surface area contributed by atoms with Crippen molar-refractivity contribution >= 4 is 23.9 Å². The number of alkyl carbamates (subject to hydrolysis) is 1. The molecule has 0 aliphatic carbocycles. The van der Waals surface area contributed by atoms with Crippen LogP contribution >= 0.6 is 0 Å². The number of esters is 1. The van der Waals surface area contributed by atoms with Gasteiger partial charge in [0.25, 0.3) is 0 Å². The van der Waals surface area contributed by atoms with E-state index in [2.05, 4.69) is 10.6 Å². The summed E-state index contributed by atoms with van der Waals surface area (Å²) in [7, 11) is 0. The Morgan fingerprint density at radius 2 is 1.44 bits per heavy atom. The predicted molar refractivity (Wildman–Crippen MR) is 173 cm³/mol. The minimum Gasteiger partial charge on any atom is -0.508 e. The van der Waals surface area contributed by atoms with Gasteiger partial charge in [0.1, 0.15) is 35.1 Å². The molecule has 4 atom stereocenters. The summed E-state index contributed by atoms with van der Waals surface area (Å²) in [4.78, 5) is 56.4. The molecular weight excluding hydrogens is 574 g/mol. The summed E-state index contributed by atoms with van der Waals surface area (Å²) in [5.74, 6) is -2.23. The van der Waals surface area contributed by atoms with E-state index in [1.807, 2.05) is 37.3 Å². The fourth-order valence-corrected chi connectivity index (χ4v) is 4.70. The van der Waals surface area contributed by atoms with Crippen LogP contribution in [0, 0.1) is 5.92 Å². The summed E-state index contributed by atoms with van der Waals surface area (Å²) >= 11 is 0. The molecule has 0 aromatic heterocycles. The quantitative estimate of drug-likeness (QED) is 0.259. The Bertz CT molecular complexity index is 1300. The molecule has 3 amide bonds. The number of nitrogens with one attached hydrogen (secondary N) is 2. The minimum absolute atomic E-state index is 0.0953. The average Bonchev–Trinajstić information content (AvgIpc) is 2.92. The summed E-state index contributed by atoms with van der Waals surface area (Å²) in [5.41, 5.74) is -0.454. The van der Waals surface area contributed by atoms with Crippen molar-refractivity contribution in [2.45, 2.75) is 117 Å². The number of amides is 3. The Morgan fingerprint density at radius 3 is 1.96 bits per heavy atom. The first-order valence-electron chi connectivity index (χ1n) is 15.5. The lowest BCUT2D eigenvalue weighted by atomic mass is 9.96. The van der Waals surface area contributed by atoms with Crippen LogP contribution in [0.2, 0.25) is 0 Å². The van der Waals surface area contributed by atoms with Crippen molar-refractivity contribution in [3.63, 3.8) is 0 Å². The molecule has 2 aromatic rings. The number of hydrogen-bond donors (Lipinski definition) is 3. The Labute approximate surface area is 267 Å². The fourth-order valence-electron chi connectivity index (χ4n) is 4.70. The smallest absolute Gasteiger partial charge is 0.408 e. The van der Waals surface area contributed by atoms with E-state index >= 15 is 0 Å². The average molecular weight is 626 g/mol. The number of rotatable bonds is 12. The zero-order valence-corrected chi connectivity index (χ0v) is 28.3. The van der Waals surface area contributed by atoms with Crippen LogP contribution in [0.3, 0.4) is 0 Å². The van der Waals surface area contributed by atoms with Gasteiger partial charge < -0.3 is 30.1 Å². The highest BCUT2D eigenvalue weighted by Crippen LogP contribution is 2.29. The number of carbonyl (C=O) groups excluding carboxylic acids is 4. The van der Waals surface area contributed by atoms with Gasteiger partial charge in [-0.05, 0) is 84.1 Å². The summed E-state index contributed by atoms with van der Waals surface area (Å²) in [6.07, 6.45) is -0.129. The number of phenols is 1. The molecule has 2 aromatic carbocycles. The molecule has 0 saturated heterocycles. The van der Waals surface area contributed by atoms with Crippen LogP contribution in [0.4, 0.5) is 4.79 Å². The second kappa shape index (κ2) is 15.8. The molecule has 0 spiro atoms. The van der Waals surface area contributed by atoms with Gasteiger partial charge in [-0.1, -0.05) is 63.2 Å². The Morgan fingerprint density at radius 1 is 0.844 bits per heavy atom. The van der Waals surface area contributed by atoms with Crippen LogP contribution in [-0.4, -0.2) is 63.2 Å². The van der Waals surface area contributed by atoms with Crippen molar-refractivity contribution in [2.75, 3.05) is 0 Å². The van der Waals surface area contributed by atoms with Gasteiger partial charge in [-0.3, -0.25) is 9.59 Å². The zero-order valence-electron chi connectivity index (χ0n) is 28.3. The van der Waals surface area contributed by atoms with Crippen LogP contribution in [0.1, 0.15) is 92.8 Å². The highest BCUT2D eigenvalue weighted by molar-refractivity contribution is 5.94. The highest BCUT2D eigenvalue weighted by atomic mass is 16.6. The third-order valence-corrected chi connectivity index (χ3v) is 6.93. The van der Waals surface area contributed by atoms with Gasteiger partial charge in [0.15, 0.2) is 0 Å². The summed E-state index contributed by atoms with van der Waals surface area (Å²) in [6.45, 7) is 17.7. The van der Waals surface area contributed by atoms with E-state index in [1.165, 1.54) is 17.0 Å². The monoisotopic (exact) mass is 625 g/mol. The maximum absolute atomic E-state index is 14.4. The van der Waals surface area contributed by atoms with E-state index in [0.29, 0.717) is 12.0 Å². The summed E-state index contributed by atoms with van der Waals surface area (Å²) < 4.78 is 11.1. The normalized spacial score (nSPS) is 14.5. The fraction of sp³-hybridized carbons (Fsp3) is 0.543. The molecule has 3 N–H and O–H groups in total. The number of ether oxygens (including phenoxy) is 2. The van der Waals surface area contributed by atoms with Gasteiger partial charge in [0.2, 0.25) is 11.8 Å². The molecule has 0 bridgehead atoms. The lowest BCUT2D eigenvalue weighted by Gasteiger charge is -2.39. The van der Waals surface area contributed by atoms with Crippen molar-refractivity contribution in [2.24, 2.45) is 5.92 Å². The Balaban J connectivity index is 2.62. The van der Waals surface area contributed by atoms with Crippen LogP contribution in [-0.2, 0) is 30.3 Å². The second-order valence-electron chi connectivity index (χ2n) is 13.7. The molecule has 0 heterocycles. The van der Waals surface area contributed by atoms with Crippen molar-refractivity contribution < 1.29 is 33.8 Å². The summed E-state index contributed by atoms with van der Waals surface area (Å²) in [6, 6.07) is 11.5. The number of carbonyl (C=O) groups is 4. The van der Waals surface area contributed by atoms with Gasteiger partial charge in [-0.25, -0.2) is 9.59 Å². The van der Waals surface area contributed by atoms with Crippen molar-refractivity contribution in [3.8, 4) is 5.75 Å². The molecule has 0 saturated carbocycles. The Kier molecular flexibility index (Phi) is 13.0. The number of aromatic hydroxyl groups is 1. The van der Waals surface area contributed by atoms with Gasteiger partial charge in [0.05, 0.1) is 0 Å². The standard InChI is InChI=1S/C35H51N3O7/c1-11-23(4)38(31(41)28(22(2)3)37-33(43)45-35(8,9)10)29(25-18-15-19-26(39)21-25)30(40)36-27(32(42)44-34(5,6)7)20-24-16-13-12-14-17-24/h12-19,21-23,27-29,39H,11,20H2,1-10H3,(H,36,40)(H,37,43). The maximum atomic E-state index is 14.4. The first-order chi connectivity index (χ1) is 20.8. The molecule has 10 nitrogen and oxygen atoms in total. The molecule has 45 heavy (non-hydrogen) atoms. The predicted octanol–water partition coefficient (Wildman–Crippen LogP) is 5.68. The van der Waals surface area contributed by atoms with Gasteiger partial charge in [-0.15, -0.1) is 0 Å². The van der Waals surface area contributed by atoms with Gasteiger partial charge in [-0.2, -0.15) is 0 Å². The van der Waals surface area contributed by atoms with E-state index in [0.717, 1.165) is 5.56 Å². The number of benzene rings is 2. The van der Waals surface area contributed by atoms with Gasteiger partial charge >= 0.3 is 12.1 Å². The minimum atomic E-state index is -1.26. The largest absolute Gasteiger partial charge is 0.508 e. The van der Waals surface area contributed by atoms with Crippen LogP contribution in [0.25, 0.3) is 0 Å². The zero-order chi connectivity index (χ0) is 34.1. The lowest BCUT2D eigenvalue weighted by molar-refractivity contribution is -0.159. The van der Waals surface area contributed by atoms with Crippen LogP contribution in [0.5, 0.6) is 5.75 Å². The Hall–Kier alpha value is -4.08. The molecule has 0 fully saturated rings. The number of nitrogens with zero attached hydrogens (tertiary/aromatic N) is 1. The molecular formula is C35H51N3O7. The molecule has 4 unspecified atom stereocenters. The van der Waals surface area contributed by atoms with Gasteiger partial charge in [0, 0.05) is 12.5 Å². The maximum Gasteiger partial charge on any atom is 0.408 e. The third-order valence-electron chi connectivity index (χ3n) is 6.93. The van der Waals surface area contributed by atoms with Crippen LogP contribution in [0.15, 0.2) is 54.6 Å². The summed E-state index contributed by atoms with van der Waals surface area (Å²) in [5, 5.41) is 16.0. The van der Waals surface area contributed by atoms with E-state index in [4.69, 9.17) is 9.47 Å². The highest BCUT2D eigenvalue weighted by Gasteiger charge is 2.41. The van der Waals surface area contributed by atoms with Crippen molar-refractivity contribution in [3.05, 3.63) is 65.7 Å². The van der Waals surface area contributed by atoms with E-state index < -0.39 is 59.2 Å². The molecule has 10 heteroatoms. The molecule has 0 radical (unpaired) electrons. The second-order valence-corrected chi connectivity index (χ2v) is 13.7. The van der Waals surface area contributed by atoms with E-state index in [1.54, 1.807) is 74.4 Å². The van der Waals surface area contributed by atoms with E-state index in [-0.39, 0.29) is 18.1 Å². The first kappa shape index (κ1) is 37.1. The van der Waals surface area contributed by atoms with Crippen LogP contribution < -0.4 is 10.6 Å². The third kappa shape index (κ3) is 11.7. The molecule has 248 valence electrons. The molecule has 0 aliphatic heterocycles. The number of hydrogen-bond acceptors (Lipinski definition) is 7. The molecule has 2 rings (SSSR count). The molecule has 0 aliphatic rings. The van der Waals surface area contributed by atoms with Crippen molar-refractivity contribution in [1.29, 1.82) is 0 Å². The SMILES string of the molecule is CCC(C)N(C(=O)C(NC(=O)OC(C)(C)C)C(C)C)C(C(=O)NC(Cc1ccccc1)C(=O)OC(C)(C)C)c1cccc(O)c1. The van der Waals surface area contributed by atoms with E-state index in [9.17, 15) is 24.3 Å². The first-order valence-corrected chi connectivity index (χ1v) is 15.5. The lowest BCUT2D eigenvalue weighted by Crippen LogP contribution is -2.58.